The van der Waals surface area contributed by atoms with Gasteiger partial charge in [-0.1, -0.05) is 32.3 Å². The molecular weight excluding hydrogens is 164 g/mol. The van der Waals surface area contributed by atoms with Crippen molar-refractivity contribution in [2.45, 2.75) is 39.5 Å². The molecule has 0 aromatic carbocycles. The second-order valence-corrected chi connectivity index (χ2v) is 3.09. The third-order valence-electron chi connectivity index (χ3n) is 1.99. The Balaban J connectivity index is 3.73. The van der Waals surface area contributed by atoms with Crippen molar-refractivity contribution in [3.05, 3.63) is 12.7 Å². The standard InChI is InChI=1S/C11H20O2/c1-4-7-8-9-10(5-2)11(12)13-6-3/h5,10H,2,4,6-9H2,1,3H3. The molecular formula is C11H20O2. The van der Waals surface area contributed by atoms with E-state index >= 15 is 0 Å². The van der Waals surface area contributed by atoms with Crippen molar-refractivity contribution < 1.29 is 9.53 Å². The highest BCUT2D eigenvalue weighted by atomic mass is 16.5. The average molecular weight is 184 g/mol. The van der Waals surface area contributed by atoms with Crippen LogP contribution in [0.1, 0.15) is 39.5 Å². The topological polar surface area (TPSA) is 26.3 Å². The van der Waals surface area contributed by atoms with Crippen LogP contribution in [0, 0.1) is 5.92 Å². The van der Waals surface area contributed by atoms with Crippen LogP contribution in [0.5, 0.6) is 0 Å². The maximum atomic E-state index is 11.3. The zero-order valence-corrected chi connectivity index (χ0v) is 8.71. The lowest BCUT2D eigenvalue weighted by Gasteiger charge is -2.10. The Morgan fingerprint density at radius 3 is 2.62 bits per heavy atom. The zero-order valence-electron chi connectivity index (χ0n) is 8.71. The fourth-order valence-electron chi connectivity index (χ4n) is 1.20. The summed E-state index contributed by atoms with van der Waals surface area (Å²) in [5, 5.41) is 0. The number of carbonyl (C=O) groups is 1. The highest BCUT2D eigenvalue weighted by molar-refractivity contribution is 5.74. The van der Waals surface area contributed by atoms with Gasteiger partial charge in [0.15, 0.2) is 0 Å². The van der Waals surface area contributed by atoms with Gasteiger partial charge in [-0.15, -0.1) is 6.58 Å². The van der Waals surface area contributed by atoms with Crippen molar-refractivity contribution in [2.75, 3.05) is 6.61 Å². The first kappa shape index (κ1) is 12.2. The van der Waals surface area contributed by atoms with Gasteiger partial charge in [0.05, 0.1) is 12.5 Å². The molecule has 0 aliphatic rings. The summed E-state index contributed by atoms with van der Waals surface area (Å²) in [6.45, 7) is 8.07. The summed E-state index contributed by atoms with van der Waals surface area (Å²) in [7, 11) is 0. The minimum absolute atomic E-state index is 0.105. The fourth-order valence-corrected chi connectivity index (χ4v) is 1.20. The molecule has 0 fully saturated rings. The second kappa shape index (κ2) is 7.84. The first-order valence-electron chi connectivity index (χ1n) is 5.05. The molecule has 0 aliphatic heterocycles. The van der Waals surface area contributed by atoms with Crippen LogP contribution in [-0.4, -0.2) is 12.6 Å². The van der Waals surface area contributed by atoms with Crippen LogP contribution in [-0.2, 0) is 9.53 Å². The van der Waals surface area contributed by atoms with Crippen LogP contribution < -0.4 is 0 Å². The Kier molecular flexibility index (Phi) is 7.36. The number of rotatable bonds is 7. The molecule has 2 heteroatoms. The number of hydrogen-bond acceptors (Lipinski definition) is 2. The Hall–Kier alpha value is -0.790. The predicted octanol–water partition coefficient (Wildman–Crippen LogP) is 2.93. The van der Waals surface area contributed by atoms with Crippen LogP contribution in [0.25, 0.3) is 0 Å². The van der Waals surface area contributed by atoms with E-state index in [2.05, 4.69) is 13.5 Å². The molecule has 0 saturated carbocycles. The van der Waals surface area contributed by atoms with Crippen LogP contribution >= 0.6 is 0 Å². The normalized spacial score (nSPS) is 12.2. The van der Waals surface area contributed by atoms with Crippen molar-refractivity contribution in [1.82, 2.24) is 0 Å². The van der Waals surface area contributed by atoms with E-state index in [0.717, 1.165) is 12.8 Å². The monoisotopic (exact) mass is 184 g/mol. The van der Waals surface area contributed by atoms with E-state index in [1.165, 1.54) is 12.8 Å². The van der Waals surface area contributed by atoms with Gasteiger partial charge in [0.1, 0.15) is 0 Å². The maximum absolute atomic E-state index is 11.3. The van der Waals surface area contributed by atoms with E-state index in [9.17, 15) is 4.79 Å². The number of hydrogen-bond donors (Lipinski definition) is 0. The lowest BCUT2D eigenvalue weighted by Crippen LogP contribution is -2.15. The zero-order chi connectivity index (χ0) is 10.1. The fraction of sp³-hybridized carbons (Fsp3) is 0.727. The molecule has 1 atom stereocenters. The summed E-state index contributed by atoms with van der Waals surface area (Å²) in [6.07, 6.45) is 5.98. The molecule has 0 radical (unpaired) electrons. The number of carbonyl (C=O) groups excluding carboxylic acids is 1. The van der Waals surface area contributed by atoms with E-state index < -0.39 is 0 Å². The van der Waals surface area contributed by atoms with E-state index in [1.807, 2.05) is 6.92 Å². The third-order valence-corrected chi connectivity index (χ3v) is 1.99. The van der Waals surface area contributed by atoms with Gasteiger partial charge in [-0.05, 0) is 13.3 Å². The highest BCUT2D eigenvalue weighted by Crippen LogP contribution is 2.12. The first-order valence-corrected chi connectivity index (χ1v) is 5.05. The van der Waals surface area contributed by atoms with Crippen LogP contribution in [0.4, 0.5) is 0 Å². The average Bonchev–Trinajstić information content (AvgIpc) is 2.13. The summed E-state index contributed by atoms with van der Waals surface area (Å²) in [5.41, 5.74) is 0. The van der Waals surface area contributed by atoms with Gasteiger partial charge in [-0.25, -0.2) is 0 Å². The van der Waals surface area contributed by atoms with Gasteiger partial charge in [-0.2, -0.15) is 0 Å². The first-order chi connectivity index (χ1) is 6.26. The molecule has 0 N–H and O–H groups in total. The largest absolute Gasteiger partial charge is 0.466 e. The summed E-state index contributed by atoms with van der Waals surface area (Å²) in [5.74, 6) is -0.236. The molecule has 13 heavy (non-hydrogen) atoms. The summed E-state index contributed by atoms with van der Waals surface area (Å²) in [6, 6.07) is 0. The van der Waals surface area contributed by atoms with Crippen molar-refractivity contribution in [2.24, 2.45) is 5.92 Å². The number of unbranched alkanes of at least 4 members (excludes halogenated alkanes) is 2. The Bertz CT molecular complexity index is 152. The Labute approximate surface area is 81.0 Å². The molecule has 0 rings (SSSR count). The summed E-state index contributed by atoms with van der Waals surface area (Å²) in [4.78, 5) is 11.3. The molecule has 1 unspecified atom stereocenters. The van der Waals surface area contributed by atoms with E-state index in [1.54, 1.807) is 6.08 Å². The van der Waals surface area contributed by atoms with Gasteiger partial charge in [0.2, 0.25) is 0 Å². The van der Waals surface area contributed by atoms with Crippen molar-refractivity contribution in [3.63, 3.8) is 0 Å². The smallest absolute Gasteiger partial charge is 0.312 e. The quantitative estimate of drug-likeness (QED) is 0.345. The Morgan fingerprint density at radius 1 is 1.46 bits per heavy atom. The van der Waals surface area contributed by atoms with Crippen LogP contribution in [0.2, 0.25) is 0 Å². The molecule has 0 saturated heterocycles. The minimum atomic E-state index is -0.131. The van der Waals surface area contributed by atoms with Crippen LogP contribution in [0.3, 0.4) is 0 Å². The van der Waals surface area contributed by atoms with Gasteiger partial charge in [0, 0.05) is 0 Å². The molecule has 0 aromatic heterocycles. The van der Waals surface area contributed by atoms with E-state index in [-0.39, 0.29) is 11.9 Å². The lowest BCUT2D eigenvalue weighted by atomic mass is 10.0. The molecule has 0 amide bonds. The predicted molar refractivity (Wildman–Crippen MR) is 54.5 cm³/mol. The molecule has 76 valence electrons. The van der Waals surface area contributed by atoms with Crippen LogP contribution in [0.15, 0.2) is 12.7 Å². The van der Waals surface area contributed by atoms with Gasteiger partial charge in [0.25, 0.3) is 0 Å². The van der Waals surface area contributed by atoms with Crippen molar-refractivity contribution >= 4 is 5.97 Å². The molecule has 0 bridgehead atoms. The molecule has 2 nitrogen and oxygen atoms in total. The van der Waals surface area contributed by atoms with Gasteiger partial charge < -0.3 is 4.74 Å². The lowest BCUT2D eigenvalue weighted by molar-refractivity contribution is -0.146. The number of ether oxygens (including phenoxy) is 1. The van der Waals surface area contributed by atoms with Crippen molar-refractivity contribution in [1.29, 1.82) is 0 Å². The van der Waals surface area contributed by atoms with Crippen molar-refractivity contribution in [3.8, 4) is 0 Å². The van der Waals surface area contributed by atoms with E-state index in [4.69, 9.17) is 4.74 Å². The molecule has 0 spiro atoms. The summed E-state index contributed by atoms with van der Waals surface area (Å²) >= 11 is 0. The van der Waals surface area contributed by atoms with E-state index in [0.29, 0.717) is 6.61 Å². The molecule has 0 heterocycles. The molecule has 0 aliphatic carbocycles. The SMILES string of the molecule is C=CC(CCCCC)C(=O)OCC. The third kappa shape index (κ3) is 5.45. The maximum Gasteiger partial charge on any atom is 0.312 e. The second-order valence-electron chi connectivity index (χ2n) is 3.09. The Morgan fingerprint density at radius 2 is 2.15 bits per heavy atom. The molecule has 0 aromatic rings. The minimum Gasteiger partial charge on any atom is -0.466 e. The summed E-state index contributed by atoms with van der Waals surface area (Å²) < 4.78 is 4.92. The van der Waals surface area contributed by atoms with Gasteiger partial charge in [-0.3, -0.25) is 4.79 Å². The highest BCUT2D eigenvalue weighted by Gasteiger charge is 2.14. The van der Waals surface area contributed by atoms with Gasteiger partial charge >= 0.3 is 5.97 Å². The number of esters is 1.